The Kier molecular flexibility index (Phi) is 5.61. The largest absolute Gasteiger partial charge is 0.496 e. The minimum atomic E-state index is -0.184. The highest BCUT2D eigenvalue weighted by Crippen LogP contribution is 2.28. The molecule has 4 rings (SSSR count). The van der Waals surface area contributed by atoms with Gasteiger partial charge in [-0.3, -0.25) is 19.1 Å². The number of ether oxygens (including phenoxy) is 1. The maximum atomic E-state index is 13.2. The van der Waals surface area contributed by atoms with Gasteiger partial charge >= 0.3 is 0 Å². The molecule has 0 spiro atoms. The van der Waals surface area contributed by atoms with Gasteiger partial charge in [-0.15, -0.1) is 0 Å². The zero-order valence-corrected chi connectivity index (χ0v) is 17.1. The van der Waals surface area contributed by atoms with Crippen LogP contribution in [0.15, 0.2) is 59.7 Å². The maximum absolute atomic E-state index is 13.2. The number of para-hydroxylation sites is 1. The van der Waals surface area contributed by atoms with Crippen LogP contribution in [0, 0.1) is 5.92 Å². The minimum Gasteiger partial charge on any atom is -0.496 e. The van der Waals surface area contributed by atoms with E-state index in [9.17, 15) is 9.59 Å². The van der Waals surface area contributed by atoms with Crippen LogP contribution in [0.25, 0.3) is 11.3 Å². The third-order valence-corrected chi connectivity index (χ3v) is 5.53. The van der Waals surface area contributed by atoms with Crippen LogP contribution in [0.1, 0.15) is 23.2 Å². The molecule has 0 N–H and O–H groups in total. The van der Waals surface area contributed by atoms with E-state index in [1.165, 1.54) is 6.07 Å². The van der Waals surface area contributed by atoms with Gasteiger partial charge in [0.15, 0.2) is 5.78 Å². The zero-order chi connectivity index (χ0) is 21.1. The molecule has 7 heteroatoms. The van der Waals surface area contributed by atoms with Gasteiger partial charge in [-0.1, -0.05) is 12.1 Å². The first-order valence-electron chi connectivity index (χ1n) is 9.99. The number of anilines is 1. The predicted octanol–water partition coefficient (Wildman–Crippen LogP) is 2.95. The van der Waals surface area contributed by atoms with Crippen LogP contribution in [0.4, 0.5) is 5.95 Å². The number of nitrogens with zero attached hydrogens (tertiary/aromatic N) is 4. The van der Waals surface area contributed by atoms with Crippen molar-refractivity contribution in [3.63, 3.8) is 0 Å². The summed E-state index contributed by atoms with van der Waals surface area (Å²) in [7, 11) is 3.29. The van der Waals surface area contributed by atoms with E-state index < -0.39 is 0 Å². The monoisotopic (exact) mass is 404 g/mol. The Morgan fingerprint density at radius 2 is 1.93 bits per heavy atom. The van der Waals surface area contributed by atoms with E-state index in [4.69, 9.17) is 9.72 Å². The SMILES string of the molecule is COc1ccccc1C(=O)C1CCCN(c2nc(-c3ccncc3)cc(=O)n2C)C1. The van der Waals surface area contributed by atoms with Crippen molar-refractivity contribution in [2.75, 3.05) is 25.1 Å². The molecule has 1 saturated heterocycles. The van der Waals surface area contributed by atoms with Crippen LogP contribution < -0.4 is 15.2 Å². The lowest BCUT2D eigenvalue weighted by atomic mass is 9.89. The van der Waals surface area contributed by atoms with Crippen molar-refractivity contribution in [1.29, 1.82) is 0 Å². The number of carbonyl (C=O) groups excluding carboxylic acids is 1. The molecule has 0 aliphatic carbocycles. The van der Waals surface area contributed by atoms with Crippen molar-refractivity contribution in [3.05, 3.63) is 70.8 Å². The van der Waals surface area contributed by atoms with Gasteiger partial charge in [0.1, 0.15) is 5.75 Å². The summed E-state index contributed by atoms with van der Waals surface area (Å²) in [6.07, 6.45) is 5.00. The number of benzene rings is 1. The highest BCUT2D eigenvalue weighted by atomic mass is 16.5. The van der Waals surface area contributed by atoms with Crippen molar-refractivity contribution in [3.8, 4) is 17.0 Å². The zero-order valence-electron chi connectivity index (χ0n) is 17.1. The molecule has 0 radical (unpaired) electrons. The number of pyridine rings is 1. The van der Waals surface area contributed by atoms with E-state index in [1.807, 2.05) is 29.2 Å². The van der Waals surface area contributed by atoms with Gasteiger partial charge in [-0.05, 0) is 37.1 Å². The molecular weight excluding hydrogens is 380 g/mol. The molecular formula is C23H24N4O3. The van der Waals surface area contributed by atoms with E-state index in [2.05, 4.69) is 4.98 Å². The number of carbonyl (C=O) groups is 1. The summed E-state index contributed by atoms with van der Waals surface area (Å²) in [6, 6.07) is 12.5. The molecule has 30 heavy (non-hydrogen) atoms. The molecule has 7 nitrogen and oxygen atoms in total. The fourth-order valence-corrected chi connectivity index (χ4v) is 3.92. The molecule has 0 amide bonds. The van der Waals surface area contributed by atoms with Crippen LogP contribution in [-0.4, -0.2) is 40.5 Å². The highest BCUT2D eigenvalue weighted by molar-refractivity contribution is 6.00. The first-order chi connectivity index (χ1) is 14.6. The van der Waals surface area contributed by atoms with E-state index >= 15 is 0 Å². The molecule has 1 aliphatic heterocycles. The van der Waals surface area contributed by atoms with Crippen LogP contribution in [0.5, 0.6) is 5.75 Å². The number of hydrogen-bond acceptors (Lipinski definition) is 6. The molecule has 1 unspecified atom stereocenters. The Hall–Kier alpha value is -3.48. The third-order valence-electron chi connectivity index (χ3n) is 5.53. The summed E-state index contributed by atoms with van der Waals surface area (Å²) in [6.45, 7) is 1.26. The fourth-order valence-electron chi connectivity index (χ4n) is 3.92. The molecule has 1 aliphatic rings. The smallest absolute Gasteiger partial charge is 0.255 e. The van der Waals surface area contributed by atoms with Crippen molar-refractivity contribution in [2.24, 2.45) is 13.0 Å². The van der Waals surface area contributed by atoms with Gasteiger partial charge in [0.2, 0.25) is 5.95 Å². The Labute approximate surface area is 175 Å². The van der Waals surface area contributed by atoms with Gasteiger partial charge < -0.3 is 9.64 Å². The summed E-state index contributed by atoms with van der Waals surface area (Å²) in [5, 5.41) is 0. The van der Waals surface area contributed by atoms with E-state index in [1.54, 1.807) is 43.3 Å². The molecule has 154 valence electrons. The number of ketones is 1. The Bertz CT molecular complexity index is 1110. The standard InChI is InChI=1S/C23H24N4O3/c1-26-21(28)14-19(16-9-11-24-12-10-16)25-23(26)27-13-5-6-17(15-27)22(29)18-7-3-4-8-20(18)30-2/h3-4,7-12,14,17H,5-6,13,15H2,1-2H3. The lowest BCUT2D eigenvalue weighted by Gasteiger charge is -2.33. The molecule has 1 atom stereocenters. The average Bonchev–Trinajstić information content (AvgIpc) is 2.81. The highest BCUT2D eigenvalue weighted by Gasteiger charge is 2.30. The second-order valence-electron chi connectivity index (χ2n) is 7.42. The van der Waals surface area contributed by atoms with Crippen molar-refractivity contribution in [1.82, 2.24) is 14.5 Å². The van der Waals surface area contributed by atoms with Crippen molar-refractivity contribution >= 4 is 11.7 Å². The number of rotatable bonds is 5. The van der Waals surface area contributed by atoms with Gasteiger partial charge in [0.05, 0.1) is 18.4 Å². The van der Waals surface area contributed by atoms with Gasteiger partial charge in [-0.2, -0.15) is 0 Å². The molecule has 0 saturated carbocycles. The first kappa shape index (κ1) is 19.8. The normalized spacial score (nSPS) is 16.3. The summed E-state index contributed by atoms with van der Waals surface area (Å²) in [5.74, 6) is 1.04. The van der Waals surface area contributed by atoms with Crippen molar-refractivity contribution < 1.29 is 9.53 Å². The average molecular weight is 404 g/mol. The van der Waals surface area contributed by atoms with Crippen LogP contribution in [0.3, 0.4) is 0 Å². The number of Topliss-reactive ketones (excluding diaryl/α,β-unsaturated/α-hetero) is 1. The number of methoxy groups -OCH3 is 1. The quantitative estimate of drug-likeness (QED) is 0.609. The Balaban J connectivity index is 1.64. The van der Waals surface area contributed by atoms with Gasteiger partial charge in [-0.25, -0.2) is 4.98 Å². The number of piperidine rings is 1. The molecule has 3 aromatic rings. The van der Waals surface area contributed by atoms with Crippen LogP contribution in [-0.2, 0) is 7.05 Å². The third kappa shape index (κ3) is 3.83. The fraction of sp³-hybridized carbons (Fsp3) is 0.304. The summed E-state index contributed by atoms with van der Waals surface area (Å²) in [4.78, 5) is 36.6. The lowest BCUT2D eigenvalue weighted by Crippen LogP contribution is -2.42. The second kappa shape index (κ2) is 8.49. The van der Waals surface area contributed by atoms with Gasteiger partial charge in [0.25, 0.3) is 5.56 Å². The summed E-state index contributed by atoms with van der Waals surface area (Å²) in [5.41, 5.74) is 1.90. The lowest BCUT2D eigenvalue weighted by molar-refractivity contribution is 0.0903. The Morgan fingerprint density at radius 3 is 2.70 bits per heavy atom. The predicted molar refractivity (Wildman–Crippen MR) is 115 cm³/mol. The van der Waals surface area contributed by atoms with E-state index in [0.29, 0.717) is 29.5 Å². The topological polar surface area (TPSA) is 77.3 Å². The number of hydrogen-bond donors (Lipinski definition) is 0. The summed E-state index contributed by atoms with van der Waals surface area (Å²) < 4.78 is 6.91. The second-order valence-corrected chi connectivity index (χ2v) is 7.42. The molecule has 0 bridgehead atoms. The summed E-state index contributed by atoms with van der Waals surface area (Å²) >= 11 is 0. The first-order valence-corrected chi connectivity index (χ1v) is 9.99. The maximum Gasteiger partial charge on any atom is 0.255 e. The van der Waals surface area contributed by atoms with Crippen LogP contribution in [0.2, 0.25) is 0 Å². The Morgan fingerprint density at radius 1 is 1.17 bits per heavy atom. The van der Waals surface area contributed by atoms with Gasteiger partial charge in [0, 0.05) is 50.1 Å². The van der Waals surface area contributed by atoms with E-state index in [0.717, 1.165) is 24.9 Å². The van der Waals surface area contributed by atoms with E-state index in [-0.39, 0.29) is 17.3 Å². The molecule has 2 aromatic heterocycles. The number of aromatic nitrogens is 3. The minimum absolute atomic E-state index is 0.0624. The molecule has 1 fully saturated rings. The molecule has 3 heterocycles. The molecule has 1 aromatic carbocycles. The van der Waals surface area contributed by atoms with Crippen molar-refractivity contribution in [2.45, 2.75) is 12.8 Å². The van der Waals surface area contributed by atoms with Crippen LogP contribution >= 0.6 is 0 Å².